The van der Waals surface area contributed by atoms with E-state index in [0.29, 0.717) is 22.4 Å². The summed E-state index contributed by atoms with van der Waals surface area (Å²) >= 11 is 9.41. The maximum Gasteiger partial charge on any atom is 0.143 e. The lowest BCUT2D eigenvalue weighted by atomic mass is 9.93. The Kier molecular flexibility index (Phi) is 5.88. The van der Waals surface area contributed by atoms with Gasteiger partial charge in [-0.25, -0.2) is 0 Å². The standard InChI is InChI=1S/C19H21BrClNO/c1-11(2)15-6-5-7-16(12(3)4)18(15)22-10-13-8-14(20)9-17(21)19(13)23/h5-12,23H,1-4H3. The summed E-state index contributed by atoms with van der Waals surface area (Å²) in [5, 5.41) is 10.4. The molecular weight excluding hydrogens is 374 g/mol. The predicted octanol–water partition coefficient (Wildman–Crippen LogP) is 6.81. The van der Waals surface area contributed by atoms with Crippen LogP contribution in [0.4, 0.5) is 5.69 Å². The fourth-order valence-corrected chi connectivity index (χ4v) is 3.31. The third-order valence-corrected chi connectivity index (χ3v) is 4.48. The highest BCUT2D eigenvalue weighted by Crippen LogP contribution is 2.35. The molecule has 0 radical (unpaired) electrons. The van der Waals surface area contributed by atoms with Crippen molar-refractivity contribution in [1.82, 2.24) is 0 Å². The quantitative estimate of drug-likeness (QED) is 0.568. The summed E-state index contributed by atoms with van der Waals surface area (Å²) in [6.45, 7) is 8.63. The largest absolute Gasteiger partial charge is 0.506 e. The van der Waals surface area contributed by atoms with Crippen molar-refractivity contribution in [2.45, 2.75) is 39.5 Å². The molecule has 0 heterocycles. The summed E-state index contributed by atoms with van der Waals surface area (Å²) in [5.74, 6) is 0.799. The highest BCUT2D eigenvalue weighted by molar-refractivity contribution is 9.10. The fourth-order valence-electron chi connectivity index (χ4n) is 2.48. The second-order valence-electron chi connectivity index (χ2n) is 6.18. The molecule has 0 saturated heterocycles. The lowest BCUT2D eigenvalue weighted by Crippen LogP contribution is -1.96. The molecule has 1 N–H and O–H groups in total. The van der Waals surface area contributed by atoms with E-state index in [1.807, 2.05) is 0 Å². The Morgan fingerprint density at radius 1 is 1.09 bits per heavy atom. The van der Waals surface area contributed by atoms with Crippen LogP contribution in [0, 0.1) is 0 Å². The van der Waals surface area contributed by atoms with Gasteiger partial charge in [0.15, 0.2) is 0 Å². The average Bonchev–Trinajstić information content (AvgIpc) is 2.48. The van der Waals surface area contributed by atoms with Crippen LogP contribution >= 0.6 is 27.5 Å². The van der Waals surface area contributed by atoms with Crippen LogP contribution in [0.15, 0.2) is 39.8 Å². The third kappa shape index (κ3) is 4.15. The number of nitrogens with zero attached hydrogens (tertiary/aromatic N) is 1. The average molecular weight is 395 g/mol. The zero-order valence-electron chi connectivity index (χ0n) is 13.8. The van der Waals surface area contributed by atoms with Gasteiger partial charge >= 0.3 is 0 Å². The van der Waals surface area contributed by atoms with Crippen LogP contribution in [-0.4, -0.2) is 11.3 Å². The first-order chi connectivity index (χ1) is 10.8. The van der Waals surface area contributed by atoms with Crippen molar-refractivity contribution in [3.05, 3.63) is 56.5 Å². The van der Waals surface area contributed by atoms with E-state index in [1.165, 1.54) is 11.1 Å². The Bertz CT molecular complexity index is 712. The van der Waals surface area contributed by atoms with Gasteiger partial charge in [-0.2, -0.15) is 0 Å². The van der Waals surface area contributed by atoms with Gasteiger partial charge in [-0.05, 0) is 35.1 Å². The summed E-state index contributed by atoms with van der Waals surface area (Å²) in [5.41, 5.74) is 3.98. The topological polar surface area (TPSA) is 32.6 Å². The molecule has 0 aliphatic carbocycles. The smallest absolute Gasteiger partial charge is 0.143 e. The van der Waals surface area contributed by atoms with Gasteiger partial charge in [-0.3, -0.25) is 4.99 Å². The molecule has 0 atom stereocenters. The van der Waals surface area contributed by atoms with Crippen molar-refractivity contribution in [3.8, 4) is 5.75 Å². The van der Waals surface area contributed by atoms with E-state index in [9.17, 15) is 5.11 Å². The summed E-state index contributed by atoms with van der Waals surface area (Å²) in [6, 6.07) is 9.76. The summed E-state index contributed by atoms with van der Waals surface area (Å²) < 4.78 is 0.808. The Balaban J connectivity index is 2.55. The molecule has 0 spiro atoms. The molecule has 0 unspecified atom stereocenters. The molecule has 0 fully saturated rings. The first-order valence-electron chi connectivity index (χ1n) is 7.66. The lowest BCUT2D eigenvalue weighted by Gasteiger charge is -2.16. The molecule has 0 aliphatic heterocycles. The summed E-state index contributed by atoms with van der Waals surface area (Å²) in [4.78, 5) is 4.70. The van der Waals surface area contributed by atoms with E-state index in [0.717, 1.165) is 10.2 Å². The van der Waals surface area contributed by atoms with Gasteiger partial charge < -0.3 is 5.11 Å². The van der Waals surface area contributed by atoms with Crippen molar-refractivity contribution in [1.29, 1.82) is 0 Å². The predicted molar refractivity (Wildman–Crippen MR) is 103 cm³/mol. The van der Waals surface area contributed by atoms with Crippen molar-refractivity contribution in [2.24, 2.45) is 4.99 Å². The van der Waals surface area contributed by atoms with E-state index in [2.05, 4.69) is 61.8 Å². The molecule has 2 rings (SSSR count). The van der Waals surface area contributed by atoms with Gasteiger partial charge in [0.05, 0.1) is 10.7 Å². The molecule has 2 aromatic rings. The third-order valence-electron chi connectivity index (χ3n) is 3.73. The zero-order chi connectivity index (χ0) is 17.1. The monoisotopic (exact) mass is 393 g/mol. The minimum atomic E-state index is 0.0479. The maximum absolute atomic E-state index is 10.1. The van der Waals surface area contributed by atoms with Crippen LogP contribution in [0.25, 0.3) is 0 Å². The second-order valence-corrected chi connectivity index (χ2v) is 7.50. The Morgan fingerprint density at radius 3 is 2.17 bits per heavy atom. The van der Waals surface area contributed by atoms with Gasteiger partial charge in [0.25, 0.3) is 0 Å². The first-order valence-corrected chi connectivity index (χ1v) is 8.83. The van der Waals surface area contributed by atoms with E-state index in [-0.39, 0.29) is 5.75 Å². The first kappa shape index (κ1) is 18.0. The molecule has 0 amide bonds. The molecule has 0 bridgehead atoms. The maximum atomic E-state index is 10.1. The van der Waals surface area contributed by atoms with Crippen molar-refractivity contribution in [3.63, 3.8) is 0 Å². The summed E-state index contributed by atoms with van der Waals surface area (Å²) in [7, 11) is 0. The summed E-state index contributed by atoms with van der Waals surface area (Å²) in [6.07, 6.45) is 1.68. The number of halogens is 2. The molecule has 23 heavy (non-hydrogen) atoms. The fraction of sp³-hybridized carbons (Fsp3) is 0.316. The number of phenols is 1. The number of hydrogen-bond donors (Lipinski definition) is 1. The molecule has 2 aromatic carbocycles. The second kappa shape index (κ2) is 7.50. The van der Waals surface area contributed by atoms with Crippen LogP contribution in [0.3, 0.4) is 0 Å². The molecule has 0 aliphatic rings. The van der Waals surface area contributed by atoms with Crippen LogP contribution in [0.2, 0.25) is 5.02 Å². The molecule has 2 nitrogen and oxygen atoms in total. The van der Waals surface area contributed by atoms with E-state index >= 15 is 0 Å². The number of phenolic OH excluding ortho intramolecular Hbond substituents is 1. The van der Waals surface area contributed by atoms with E-state index in [1.54, 1.807) is 18.3 Å². The van der Waals surface area contributed by atoms with Crippen LogP contribution in [0.5, 0.6) is 5.75 Å². The van der Waals surface area contributed by atoms with Gasteiger partial charge in [-0.15, -0.1) is 0 Å². The van der Waals surface area contributed by atoms with Crippen molar-refractivity contribution >= 4 is 39.4 Å². The minimum absolute atomic E-state index is 0.0479. The Hall–Kier alpha value is -1.32. The van der Waals surface area contributed by atoms with E-state index in [4.69, 9.17) is 16.6 Å². The number of aliphatic imine (C=N–C) groups is 1. The molecule has 4 heteroatoms. The number of rotatable bonds is 4. The number of para-hydroxylation sites is 1. The number of aromatic hydroxyl groups is 1. The molecular formula is C19H21BrClNO. The zero-order valence-corrected chi connectivity index (χ0v) is 16.1. The van der Waals surface area contributed by atoms with Crippen molar-refractivity contribution in [2.75, 3.05) is 0 Å². The molecule has 122 valence electrons. The van der Waals surface area contributed by atoms with Gasteiger partial charge in [0.1, 0.15) is 5.75 Å². The highest BCUT2D eigenvalue weighted by atomic mass is 79.9. The Labute approximate surface area is 151 Å². The molecule has 0 saturated carbocycles. The normalized spacial score (nSPS) is 11.8. The van der Waals surface area contributed by atoms with Gasteiger partial charge in [0, 0.05) is 16.3 Å². The SMILES string of the molecule is CC(C)c1cccc(C(C)C)c1N=Cc1cc(Br)cc(Cl)c1O. The van der Waals surface area contributed by atoms with Crippen LogP contribution < -0.4 is 0 Å². The van der Waals surface area contributed by atoms with Crippen LogP contribution in [0.1, 0.15) is 56.2 Å². The number of benzene rings is 2. The minimum Gasteiger partial charge on any atom is -0.506 e. The highest BCUT2D eigenvalue weighted by Gasteiger charge is 2.13. The van der Waals surface area contributed by atoms with Gasteiger partial charge in [-0.1, -0.05) is 73.4 Å². The van der Waals surface area contributed by atoms with Crippen molar-refractivity contribution < 1.29 is 5.11 Å². The van der Waals surface area contributed by atoms with Crippen LogP contribution in [-0.2, 0) is 0 Å². The lowest BCUT2D eigenvalue weighted by molar-refractivity contribution is 0.474. The molecule has 0 aromatic heterocycles. The Morgan fingerprint density at radius 2 is 1.65 bits per heavy atom. The van der Waals surface area contributed by atoms with Gasteiger partial charge in [0.2, 0.25) is 0 Å². The van der Waals surface area contributed by atoms with E-state index < -0.39 is 0 Å². The number of hydrogen-bond acceptors (Lipinski definition) is 2.